The highest BCUT2D eigenvalue weighted by molar-refractivity contribution is 7.07. The van der Waals surface area contributed by atoms with Crippen LogP contribution in [0.5, 0.6) is 0 Å². The first-order chi connectivity index (χ1) is 6.83. The molecule has 1 saturated heterocycles. The van der Waals surface area contributed by atoms with E-state index in [-0.39, 0.29) is 0 Å². The topological polar surface area (TPSA) is 21.3 Å². The van der Waals surface area contributed by atoms with E-state index in [1.165, 1.54) is 12.0 Å². The predicted molar refractivity (Wildman–Crippen MR) is 59.6 cm³/mol. The van der Waals surface area contributed by atoms with Gasteiger partial charge in [0.2, 0.25) is 0 Å². The van der Waals surface area contributed by atoms with E-state index < -0.39 is 0 Å². The van der Waals surface area contributed by atoms with Gasteiger partial charge < -0.3 is 10.1 Å². The molecule has 1 fully saturated rings. The van der Waals surface area contributed by atoms with Crippen molar-refractivity contribution in [3.8, 4) is 0 Å². The van der Waals surface area contributed by atoms with Gasteiger partial charge >= 0.3 is 0 Å². The quantitative estimate of drug-likeness (QED) is 0.829. The molecule has 78 valence electrons. The van der Waals surface area contributed by atoms with Gasteiger partial charge in [-0.2, -0.15) is 11.3 Å². The van der Waals surface area contributed by atoms with Crippen LogP contribution >= 0.6 is 11.3 Å². The summed E-state index contributed by atoms with van der Waals surface area (Å²) in [4.78, 5) is 0. The highest BCUT2D eigenvalue weighted by atomic mass is 32.1. The Bertz CT molecular complexity index is 273. The number of hydrogen-bond acceptors (Lipinski definition) is 3. The monoisotopic (exact) mass is 211 g/mol. The molecule has 0 aromatic carbocycles. The maximum atomic E-state index is 5.78. The molecule has 0 radical (unpaired) electrons. The van der Waals surface area contributed by atoms with Crippen LogP contribution < -0.4 is 5.32 Å². The first-order valence-electron chi connectivity index (χ1n) is 5.14. The zero-order valence-corrected chi connectivity index (χ0v) is 9.51. The molecule has 1 aromatic heterocycles. The molecule has 3 atom stereocenters. The van der Waals surface area contributed by atoms with Crippen molar-refractivity contribution >= 4 is 11.3 Å². The first-order valence-corrected chi connectivity index (χ1v) is 6.08. The molecule has 3 unspecified atom stereocenters. The van der Waals surface area contributed by atoms with Gasteiger partial charge in [-0.05, 0) is 41.8 Å². The van der Waals surface area contributed by atoms with Gasteiger partial charge in [-0.15, -0.1) is 0 Å². The molecule has 1 aliphatic rings. The lowest BCUT2D eigenvalue weighted by Gasteiger charge is -2.25. The number of likely N-dealkylation sites (N-methyl/N-ethyl adjacent to an activating group) is 1. The Morgan fingerprint density at radius 1 is 1.64 bits per heavy atom. The summed E-state index contributed by atoms with van der Waals surface area (Å²) in [6.07, 6.45) is 1.53. The van der Waals surface area contributed by atoms with Gasteiger partial charge in [0, 0.05) is 6.61 Å². The lowest BCUT2D eigenvalue weighted by Crippen LogP contribution is -2.32. The second-order valence-corrected chi connectivity index (χ2v) is 4.70. The molecular weight excluding hydrogens is 194 g/mol. The third-order valence-corrected chi connectivity index (χ3v) is 3.69. The number of hydrogen-bond donors (Lipinski definition) is 1. The minimum atomic E-state index is 0.342. The van der Waals surface area contributed by atoms with Gasteiger partial charge in [0.1, 0.15) is 0 Å². The van der Waals surface area contributed by atoms with Gasteiger partial charge in [-0.3, -0.25) is 0 Å². The second kappa shape index (κ2) is 4.43. The van der Waals surface area contributed by atoms with Crippen LogP contribution in [-0.2, 0) is 4.74 Å². The van der Waals surface area contributed by atoms with Crippen molar-refractivity contribution in [1.82, 2.24) is 5.32 Å². The molecule has 0 saturated carbocycles. The average Bonchev–Trinajstić information content (AvgIpc) is 2.80. The normalized spacial score (nSPS) is 29.3. The van der Waals surface area contributed by atoms with Crippen molar-refractivity contribution in [1.29, 1.82) is 0 Å². The smallest absolute Gasteiger partial charge is 0.0796 e. The van der Waals surface area contributed by atoms with E-state index in [0.29, 0.717) is 18.1 Å². The van der Waals surface area contributed by atoms with Crippen molar-refractivity contribution in [3.05, 3.63) is 22.4 Å². The van der Waals surface area contributed by atoms with Crippen LogP contribution in [0.3, 0.4) is 0 Å². The molecule has 0 amide bonds. The van der Waals surface area contributed by atoms with Gasteiger partial charge in [0.25, 0.3) is 0 Å². The summed E-state index contributed by atoms with van der Waals surface area (Å²) < 4.78 is 5.78. The van der Waals surface area contributed by atoms with Crippen LogP contribution in [0.1, 0.15) is 24.9 Å². The largest absolute Gasteiger partial charge is 0.376 e. The Hall–Kier alpha value is -0.380. The fourth-order valence-corrected chi connectivity index (χ4v) is 2.81. The van der Waals surface area contributed by atoms with E-state index in [2.05, 4.69) is 29.1 Å². The molecular formula is C11H17NOS. The van der Waals surface area contributed by atoms with Gasteiger partial charge in [-0.25, -0.2) is 0 Å². The molecule has 14 heavy (non-hydrogen) atoms. The summed E-state index contributed by atoms with van der Waals surface area (Å²) in [6.45, 7) is 3.18. The van der Waals surface area contributed by atoms with Crippen LogP contribution in [-0.4, -0.2) is 19.8 Å². The van der Waals surface area contributed by atoms with Crippen molar-refractivity contribution in [3.63, 3.8) is 0 Å². The summed E-state index contributed by atoms with van der Waals surface area (Å²) in [7, 11) is 2.01. The van der Waals surface area contributed by atoms with Crippen molar-refractivity contribution in [2.24, 2.45) is 5.92 Å². The molecule has 2 rings (SSSR count). The summed E-state index contributed by atoms with van der Waals surface area (Å²) in [5.74, 6) is 0.660. The van der Waals surface area contributed by atoms with Gasteiger partial charge in [-0.1, -0.05) is 6.92 Å². The summed E-state index contributed by atoms with van der Waals surface area (Å²) in [5, 5.41) is 7.69. The molecule has 1 aliphatic heterocycles. The van der Waals surface area contributed by atoms with Crippen LogP contribution in [0.15, 0.2) is 16.8 Å². The zero-order chi connectivity index (χ0) is 9.97. The van der Waals surface area contributed by atoms with Gasteiger partial charge in [0.15, 0.2) is 0 Å². The van der Waals surface area contributed by atoms with Gasteiger partial charge in [0.05, 0.1) is 12.1 Å². The third-order valence-electron chi connectivity index (χ3n) is 2.99. The van der Waals surface area contributed by atoms with Crippen molar-refractivity contribution in [2.75, 3.05) is 13.7 Å². The summed E-state index contributed by atoms with van der Waals surface area (Å²) in [6, 6.07) is 2.54. The lowest BCUT2D eigenvalue weighted by molar-refractivity contribution is 0.0632. The minimum Gasteiger partial charge on any atom is -0.376 e. The highest BCUT2D eigenvalue weighted by Crippen LogP contribution is 2.31. The molecule has 2 nitrogen and oxygen atoms in total. The first kappa shape index (κ1) is 10.1. The van der Waals surface area contributed by atoms with Crippen molar-refractivity contribution in [2.45, 2.75) is 25.5 Å². The van der Waals surface area contributed by atoms with E-state index >= 15 is 0 Å². The SMILES string of the molecule is CNC(c1ccsc1)C1OCCC1C. The van der Waals surface area contributed by atoms with Crippen molar-refractivity contribution < 1.29 is 4.74 Å². The van der Waals surface area contributed by atoms with Crippen LogP contribution in [0, 0.1) is 5.92 Å². The molecule has 0 bridgehead atoms. The maximum absolute atomic E-state index is 5.78. The number of rotatable bonds is 3. The highest BCUT2D eigenvalue weighted by Gasteiger charge is 2.32. The van der Waals surface area contributed by atoms with E-state index in [1.54, 1.807) is 11.3 Å². The van der Waals surface area contributed by atoms with Crippen LogP contribution in [0.2, 0.25) is 0 Å². The Morgan fingerprint density at radius 3 is 3.00 bits per heavy atom. The molecule has 2 heterocycles. The Kier molecular flexibility index (Phi) is 3.21. The average molecular weight is 211 g/mol. The molecule has 0 aliphatic carbocycles. The standard InChI is InChI=1S/C11H17NOS/c1-8-3-5-13-11(8)10(12-2)9-4-6-14-7-9/h4,6-8,10-12H,3,5H2,1-2H3. The Morgan fingerprint density at radius 2 is 2.50 bits per heavy atom. The second-order valence-electron chi connectivity index (χ2n) is 3.92. The maximum Gasteiger partial charge on any atom is 0.0796 e. The number of nitrogens with one attached hydrogen (secondary N) is 1. The molecule has 1 aromatic rings. The minimum absolute atomic E-state index is 0.342. The Balaban J connectivity index is 2.13. The van der Waals surface area contributed by atoms with E-state index in [0.717, 1.165) is 6.61 Å². The molecule has 3 heteroatoms. The molecule has 1 N–H and O–H groups in total. The number of ether oxygens (including phenoxy) is 1. The predicted octanol–water partition coefficient (Wildman–Crippen LogP) is 2.43. The van der Waals surface area contributed by atoms with E-state index in [4.69, 9.17) is 4.74 Å². The Labute approximate surface area is 89.3 Å². The zero-order valence-electron chi connectivity index (χ0n) is 8.69. The summed E-state index contributed by atoms with van der Waals surface area (Å²) >= 11 is 1.75. The summed E-state index contributed by atoms with van der Waals surface area (Å²) in [5.41, 5.74) is 1.36. The van der Waals surface area contributed by atoms with Crippen LogP contribution in [0.4, 0.5) is 0 Å². The van der Waals surface area contributed by atoms with E-state index in [1.807, 2.05) is 7.05 Å². The number of thiophene rings is 1. The van der Waals surface area contributed by atoms with E-state index in [9.17, 15) is 0 Å². The fraction of sp³-hybridized carbons (Fsp3) is 0.636. The fourth-order valence-electron chi connectivity index (χ4n) is 2.12. The molecule has 0 spiro atoms. The third kappa shape index (κ3) is 1.85. The van der Waals surface area contributed by atoms with Crippen LogP contribution in [0.25, 0.3) is 0 Å². The lowest BCUT2D eigenvalue weighted by atomic mass is 9.94.